The zero-order valence-corrected chi connectivity index (χ0v) is 13.0. The fraction of sp³-hybridized carbons (Fsp3) is 0.667. The number of unbranched alkanes of at least 4 members (excludes halogenated alkanes) is 2. The quantitative estimate of drug-likeness (QED) is 0.266. The van der Waals surface area contributed by atoms with Gasteiger partial charge in [0.05, 0.1) is 13.2 Å². The highest BCUT2D eigenvalue weighted by Gasteiger charge is 2.10. The molecule has 0 saturated heterocycles. The lowest BCUT2D eigenvalue weighted by Crippen LogP contribution is -2.17. The first kappa shape index (κ1) is 19.1. The average molecular weight is 300 g/mol. The summed E-state index contributed by atoms with van der Waals surface area (Å²) in [5.74, 6) is -1.94. The van der Waals surface area contributed by atoms with Crippen molar-refractivity contribution in [2.75, 3.05) is 19.8 Å². The summed E-state index contributed by atoms with van der Waals surface area (Å²) in [6.45, 7) is 5.58. The molecule has 0 aromatic carbocycles. The van der Waals surface area contributed by atoms with Crippen molar-refractivity contribution in [3.63, 3.8) is 0 Å². The summed E-state index contributed by atoms with van der Waals surface area (Å²) < 4.78 is 14.4. The molecule has 0 spiro atoms. The van der Waals surface area contributed by atoms with Gasteiger partial charge in [-0.2, -0.15) is 0 Å². The van der Waals surface area contributed by atoms with E-state index >= 15 is 0 Å². The lowest BCUT2D eigenvalue weighted by atomic mass is 10.3. The predicted molar refractivity (Wildman–Crippen MR) is 76.5 cm³/mol. The Morgan fingerprint density at radius 1 is 0.905 bits per heavy atom. The van der Waals surface area contributed by atoms with Gasteiger partial charge in [0.1, 0.15) is 0 Å². The molecule has 21 heavy (non-hydrogen) atoms. The van der Waals surface area contributed by atoms with E-state index in [1.807, 2.05) is 13.8 Å². The van der Waals surface area contributed by atoms with Crippen LogP contribution in [0.2, 0.25) is 0 Å². The second-order valence-corrected chi connectivity index (χ2v) is 4.50. The van der Waals surface area contributed by atoms with Crippen LogP contribution in [0.4, 0.5) is 0 Å². The first-order chi connectivity index (χ1) is 10.0. The summed E-state index contributed by atoms with van der Waals surface area (Å²) >= 11 is 0. The summed E-state index contributed by atoms with van der Waals surface area (Å²) in [4.78, 5) is 34.1. The molecule has 0 fully saturated rings. The largest absolute Gasteiger partial charge is 0.463 e. The van der Waals surface area contributed by atoms with Crippen molar-refractivity contribution in [2.45, 2.75) is 46.5 Å². The van der Waals surface area contributed by atoms with E-state index in [2.05, 4.69) is 4.74 Å². The molecular formula is C15H24O6. The van der Waals surface area contributed by atoms with E-state index in [0.717, 1.165) is 31.8 Å². The molecule has 0 bridgehead atoms. The van der Waals surface area contributed by atoms with Crippen molar-refractivity contribution in [1.29, 1.82) is 0 Å². The Morgan fingerprint density at radius 3 is 2.05 bits per heavy atom. The standard InChI is InChI=1S/C15H24O6/c1-4-6-8-19-14(17)11-21-13(16)10-12(3)15(18)20-9-7-5-2/h10H,4-9,11H2,1-3H3/b12-10-. The maximum atomic E-state index is 11.5. The average Bonchev–Trinajstić information content (AvgIpc) is 2.45. The molecule has 0 unspecified atom stereocenters. The molecule has 0 rings (SSSR count). The van der Waals surface area contributed by atoms with E-state index in [9.17, 15) is 14.4 Å². The monoisotopic (exact) mass is 300 g/mol. The topological polar surface area (TPSA) is 78.9 Å². The van der Waals surface area contributed by atoms with E-state index in [1.54, 1.807) is 0 Å². The zero-order chi connectivity index (χ0) is 16.1. The van der Waals surface area contributed by atoms with E-state index < -0.39 is 24.5 Å². The Morgan fingerprint density at radius 2 is 1.48 bits per heavy atom. The van der Waals surface area contributed by atoms with Gasteiger partial charge in [0.15, 0.2) is 6.61 Å². The summed E-state index contributed by atoms with van der Waals surface area (Å²) in [5.41, 5.74) is 0.135. The zero-order valence-electron chi connectivity index (χ0n) is 13.0. The molecule has 6 heteroatoms. The fourth-order valence-electron chi connectivity index (χ4n) is 1.20. The number of esters is 3. The van der Waals surface area contributed by atoms with Gasteiger partial charge in [-0.3, -0.25) is 0 Å². The predicted octanol–water partition coefficient (Wildman–Crippen LogP) is 2.16. The SMILES string of the molecule is CCCCOC(=O)COC(=O)/C=C(/C)C(=O)OCCCC. The summed E-state index contributed by atoms with van der Waals surface area (Å²) in [5, 5.41) is 0. The third-order valence-corrected chi connectivity index (χ3v) is 2.48. The van der Waals surface area contributed by atoms with Gasteiger partial charge in [-0.1, -0.05) is 26.7 Å². The Kier molecular flexibility index (Phi) is 10.9. The molecule has 0 aliphatic heterocycles. The molecule has 120 valence electrons. The smallest absolute Gasteiger partial charge is 0.344 e. The van der Waals surface area contributed by atoms with Gasteiger partial charge < -0.3 is 14.2 Å². The van der Waals surface area contributed by atoms with Crippen LogP contribution < -0.4 is 0 Å². The fourth-order valence-corrected chi connectivity index (χ4v) is 1.20. The minimum absolute atomic E-state index is 0.135. The van der Waals surface area contributed by atoms with Crippen molar-refractivity contribution >= 4 is 17.9 Å². The summed E-state index contributed by atoms with van der Waals surface area (Å²) in [6.07, 6.45) is 4.37. The normalized spacial score (nSPS) is 10.9. The van der Waals surface area contributed by atoms with E-state index in [0.29, 0.717) is 13.2 Å². The number of carbonyl (C=O) groups is 3. The molecule has 0 aromatic heterocycles. The maximum absolute atomic E-state index is 11.5. The Balaban J connectivity index is 4.01. The Hall–Kier alpha value is -1.85. The highest BCUT2D eigenvalue weighted by Crippen LogP contribution is 2.00. The summed E-state index contributed by atoms with van der Waals surface area (Å²) in [6, 6.07) is 0. The first-order valence-electron chi connectivity index (χ1n) is 7.19. The van der Waals surface area contributed by atoms with Crippen molar-refractivity contribution in [2.24, 2.45) is 0 Å². The van der Waals surface area contributed by atoms with Gasteiger partial charge in [-0.15, -0.1) is 0 Å². The molecule has 0 aromatic rings. The van der Waals surface area contributed by atoms with Crippen molar-refractivity contribution < 1.29 is 28.6 Å². The van der Waals surface area contributed by atoms with E-state index in [4.69, 9.17) is 9.47 Å². The number of ether oxygens (including phenoxy) is 3. The molecule has 0 radical (unpaired) electrons. The Bertz CT molecular complexity index is 372. The van der Waals surface area contributed by atoms with Crippen LogP contribution >= 0.6 is 0 Å². The second-order valence-electron chi connectivity index (χ2n) is 4.50. The molecule has 6 nitrogen and oxygen atoms in total. The van der Waals surface area contributed by atoms with Crippen molar-refractivity contribution in [3.8, 4) is 0 Å². The van der Waals surface area contributed by atoms with Gasteiger partial charge in [0, 0.05) is 11.6 Å². The molecule has 0 aliphatic rings. The number of carbonyl (C=O) groups excluding carboxylic acids is 3. The van der Waals surface area contributed by atoms with Gasteiger partial charge in [-0.05, 0) is 19.8 Å². The molecule has 0 saturated carbocycles. The van der Waals surface area contributed by atoms with Crippen LogP contribution in [0.1, 0.15) is 46.5 Å². The maximum Gasteiger partial charge on any atom is 0.344 e. The molecule has 0 aliphatic carbocycles. The van der Waals surface area contributed by atoms with Crippen LogP contribution in [-0.2, 0) is 28.6 Å². The van der Waals surface area contributed by atoms with Gasteiger partial charge in [-0.25, -0.2) is 14.4 Å². The lowest BCUT2D eigenvalue weighted by molar-refractivity contribution is -0.156. The first-order valence-corrected chi connectivity index (χ1v) is 7.19. The van der Waals surface area contributed by atoms with Crippen LogP contribution in [0.25, 0.3) is 0 Å². The van der Waals surface area contributed by atoms with Crippen LogP contribution in [0, 0.1) is 0 Å². The van der Waals surface area contributed by atoms with E-state index in [-0.39, 0.29) is 5.57 Å². The minimum Gasteiger partial charge on any atom is -0.463 e. The van der Waals surface area contributed by atoms with Crippen LogP contribution in [0.3, 0.4) is 0 Å². The van der Waals surface area contributed by atoms with Gasteiger partial charge >= 0.3 is 17.9 Å². The third-order valence-electron chi connectivity index (χ3n) is 2.48. The lowest BCUT2D eigenvalue weighted by Gasteiger charge is -2.05. The number of hydrogen-bond donors (Lipinski definition) is 0. The van der Waals surface area contributed by atoms with Crippen LogP contribution in [0.5, 0.6) is 0 Å². The molecular weight excluding hydrogens is 276 g/mol. The second kappa shape index (κ2) is 11.9. The van der Waals surface area contributed by atoms with Gasteiger partial charge in [0.25, 0.3) is 0 Å². The molecule has 0 heterocycles. The summed E-state index contributed by atoms with van der Waals surface area (Å²) in [7, 11) is 0. The van der Waals surface area contributed by atoms with Crippen LogP contribution in [0.15, 0.2) is 11.6 Å². The highest BCUT2D eigenvalue weighted by molar-refractivity contribution is 5.96. The highest BCUT2D eigenvalue weighted by atomic mass is 16.6. The molecule has 0 amide bonds. The number of hydrogen-bond acceptors (Lipinski definition) is 6. The van der Waals surface area contributed by atoms with Crippen molar-refractivity contribution in [1.82, 2.24) is 0 Å². The number of rotatable bonds is 10. The Labute approximate surface area is 125 Å². The minimum atomic E-state index is -0.771. The van der Waals surface area contributed by atoms with Crippen molar-refractivity contribution in [3.05, 3.63) is 11.6 Å². The van der Waals surface area contributed by atoms with E-state index in [1.165, 1.54) is 6.92 Å². The molecule has 0 N–H and O–H groups in total. The molecule has 0 atom stereocenters. The van der Waals surface area contributed by atoms with Crippen LogP contribution in [-0.4, -0.2) is 37.7 Å². The third kappa shape index (κ3) is 10.6. The van der Waals surface area contributed by atoms with Gasteiger partial charge in [0.2, 0.25) is 0 Å².